The number of hydrogen-bond donors (Lipinski definition) is 2. The van der Waals surface area contributed by atoms with Gasteiger partial charge in [0, 0.05) is 19.6 Å². The van der Waals surface area contributed by atoms with Crippen LogP contribution in [0.25, 0.3) is 0 Å². The number of amides is 3. The molecule has 3 amide bonds. The second-order valence-electron chi connectivity index (χ2n) is 3.76. The molecule has 2 aliphatic rings. The smallest absolute Gasteiger partial charge is 0.315 e. The van der Waals surface area contributed by atoms with Gasteiger partial charge in [0.2, 0.25) is 5.91 Å². The molecular formula is C8H13N3O2. The highest BCUT2D eigenvalue weighted by Gasteiger charge is 2.35. The van der Waals surface area contributed by atoms with E-state index in [0.29, 0.717) is 12.5 Å². The second kappa shape index (κ2) is 2.90. The van der Waals surface area contributed by atoms with Crippen molar-refractivity contribution < 1.29 is 9.59 Å². The average molecular weight is 183 g/mol. The van der Waals surface area contributed by atoms with Crippen molar-refractivity contribution in [3.63, 3.8) is 0 Å². The van der Waals surface area contributed by atoms with Crippen molar-refractivity contribution in [2.24, 2.45) is 5.92 Å². The Morgan fingerprint density at radius 2 is 2.23 bits per heavy atom. The van der Waals surface area contributed by atoms with E-state index in [2.05, 4.69) is 17.6 Å². The van der Waals surface area contributed by atoms with Gasteiger partial charge in [0.1, 0.15) is 6.04 Å². The summed E-state index contributed by atoms with van der Waals surface area (Å²) in [5.74, 6) is 0.644. The van der Waals surface area contributed by atoms with Crippen LogP contribution in [-0.2, 0) is 4.79 Å². The molecule has 2 saturated heterocycles. The molecule has 2 fully saturated rings. The van der Waals surface area contributed by atoms with Crippen LogP contribution in [0, 0.1) is 5.92 Å². The highest BCUT2D eigenvalue weighted by atomic mass is 16.2. The third kappa shape index (κ3) is 1.46. The minimum atomic E-state index is -0.347. The molecule has 1 atom stereocenters. The lowest BCUT2D eigenvalue weighted by molar-refractivity contribution is -0.138. The normalized spacial score (nSPS) is 27.9. The maximum Gasteiger partial charge on any atom is 0.315 e. The minimum Gasteiger partial charge on any atom is -0.340 e. The highest BCUT2D eigenvalue weighted by Crippen LogP contribution is 2.15. The lowest BCUT2D eigenvalue weighted by atomic mass is 10.0. The molecule has 2 rings (SSSR count). The molecule has 2 N–H and O–H groups in total. The van der Waals surface area contributed by atoms with Crippen LogP contribution in [0.4, 0.5) is 4.79 Å². The van der Waals surface area contributed by atoms with E-state index in [0.717, 1.165) is 13.1 Å². The first-order valence-electron chi connectivity index (χ1n) is 4.50. The molecule has 0 aromatic carbocycles. The number of carbonyl (C=O) groups is 2. The molecule has 0 aliphatic carbocycles. The number of hydrogen-bond acceptors (Lipinski definition) is 2. The number of nitrogens with one attached hydrogen (secondary N) is 2. The molecule has 0 bridgehead atoms. The Bertz CT molecular complexity index is 248. The molecule has 13 heavy (non-hydrogen) atoms. The summed E-state index contributed by atoms with van der Waals surface area (Å²) < 4.78 is 0. The molecule has 0 spiro atoms. The Kier molecular flexibility index (Phi) is 1.86. The Hall–Kier alpha value is -1.26. The van der Waals surface area contributed by atoms with E-state index < -0.39 is 0 Å². The van der Waals surface area contributed by atoms with Crippen molar-refractivity contribution in [1.82, 2.24) is 15.5 Å². The average Bonchev–Trinajstić information content (AvgIpc) is 2.45. The predicted octanol–water partition coefficient (Wildman–Crippen LogP) is -0.854. The van der Waals surface area contributed by atoms with Gasteiger partial charge < -0.3 is 15.5 Å². The topological polar surface area (TPSA) is 61.4 Å². The lowest BCUT2D eigenvalue weighted by Gasteiger charge is -2.38. The largest absolute Gasteiger partial charge is 0.340 e. The standard InChI is InChI=1S/C8H13N3O2/c1-5-3-11(4-5)7(12)6-2-9-8(13)10-6/h5-6H,2-4H2,1H3,(H2,9,10,13). The molecule has 1 unspecified atom stereocenters. The van der Waals surface area contributed by atoms with Gasteiger partial charge in [-0.1, -0.05) is 6.92 Å². The zero-order valence-electron chi connectivity index (χ0n) is 7.54. The van der Waals surface area contributed by atoms with Crippen LogP contribution in [0.2, 0.25) is 0 Å². The summed E-state index contributed by atoms with van der Waals surface area (Å²) in [7, 11) is 0. The van der Waals surface area contributed by atoms with Crippen LogP contribution < -0.4 is 10.6 Å². The number of nitrogens with zero attached hydrogens (tertiary/aromatic N) is 1. The Morgan fingerprint density at radius 3 is 2.69 bits per heavy atom. The van der Waals surface area contributed by atoms with E-state index in [-0.39, 0.29) is 18.0 Å². The number of carbonyl (C=O) groups excluding carboxylic acids is 2. The van der Waals surface area contributed by atoms with Crippen LogP contribution in [0.1, 0.15) is 6.92 Å². The van der Waals surface area contributed by atoms with E-state index in [1.54, 1.807) is 4.90 Å². The lowest BCUT2D eigenvalue weighted by Crippen LogP contribution is -2.55. The van der Waals surface area contributed by atoms with Gasteiger partial charge in [-0.15, -0.1) is 0 Å². The second-order valence-corrected chi connectivity index (χ2v) is 3.76. The van der Waals surface area contributed by atoms with Gasteiger partial charge in [0.25, 0.3) is 0 Å². The van der Waals surface area contributed by atoms with Gasteiger partial charge in [0.15, 0.2) is 0 Å². The first-order chi connectivity index (χ1) is 6.16. The van der Waals surface area contributed by atoms with E-state index in [9.17, 15) is 9.59 Å². The van der Waals surface area contributed by atoms with Crippen molar-refractivity contribution in [2.45, 2.75) is 13.0 Å². The Labute approximate surface area is 76.5 Å². The van der Waals surface area contributed by atoms with Crippen LogP contribution >= 0.6 is 0 Å². The molecule has 0 saturated carbocycles. The third-order valence-corrected chi connectivity index (χ3v) is 2.45. The van der Waals surface area contributed by atoms with Crippen LogP contribution in [-0.4, -0.2) is 42.5 Å². The Morgan fingerprint density at radius 1 is 1.54 bits per heavy atom. The summed E-state index contributed by atoms with van der Waals surface area (Å²) >= 11 is 0. The van der Waals surface area contributed by atoms with Gasteiger partial charge in [0.05, 0.1) is 0 Å². The third-order valence-electron chi connectivity index (χ3n) is 2.45. The highest BCUT2D eigenvalue weighted by molar-refractivity contribution is 5.90. The van der Waals surface area contributed by atoms with Crippen molar-refractivity contribution in [3.8, 4) is 0 Å². The molecule has 72 valence electrons. The molecule has 2 heterocycles. The molecule has 0 aromatic rings. The monoisotopic (exact) mass is 183 g/mol. The fourth-order valence-electron chi connectivity index (χ4n) is 1.70. The molecular weight excluding hydrogens is 170 g/mol. The Balaban J connectivity index is 1.87. The van der Waals surface area contributed by atoms with Gasteiger partial charge in [-0.25, -0.2) is 4.79 Å². The quantitative estimate of drug-likeness (QED) is 0.556. The van der Waals surface area contributed by atoms with Crippen LogP contribution in [0.15, 0.2) is 0 Å². The predicted molar refractivity (Wildman–Crippen MR) is 46.1 cm³/mol. The summed E-state index contributed by atoms with van der Waals surface area (Å²) in [5, 5.41) is 5.14. The summed E-state index contributed by atoms with van der Waals surface area (Å²) in [6.07, 6.45) is 0. The maximum absolute atomic E-state index is 11.6. The molecule has 5 heteroatoms. The fraction of sp³-hybridized carbons (Fsp3) is 0.750. The van der Waals surface area contributed by atoms with Crippen molar-refractivity contribution in [1.29, 1.82) is 0 Å². The molecule has 0 radical (unpaired) electrons. The summed E-state index contributed by atoms with van der Waals surface area (Å²) in [4.78, 5) is 24.1. The van der Waals surface area contributed by atoms with Gasteiger partial charge in [-0.3, -0.25) is 4.79 Å². The van der Waals surface area contributed by atoms with E-state index in [4.69, 9.17) is 0 Å². The van der Waals surface area contributed by atoms with E-state index in [1.807, 2.05) is 0 Å². The first kappa shape index (κ1) is 8.34. The molecule has 2 aliphatic heterocycles. The number of urea groups is 1. The van der Waals surface area contributed by atoms with Crippen molar-refractivity contribution in [3.05, 3.63) is 0 Å². The van der Waals surface area contributed by atoms with E-state index in [1.165, 1.54) is 0 Å². The zero-order valence-corrected chi connectivity index (χ0v) is 7.54. The van der Waals surface area contributed by atoms with Gasteiger partial charge >= 0.3 is 6.03 Å². The SMILES string of the molecule is CC1CN(C(=O)C2CNC(=O)N2)C1. The van der Waals surface area contributed by atoms with Crippen LogP contribution in [0.5, 0.6) is 0 Å². The van der Waals surface area contributed by atoms with E-state index >= 15 is 0 Å². The van der Waals surface area contributed by atoms with Crippen LogP contribution in [0.3, 0.4) is 0 Å². The minimum absolute atomic E-state index is 0.0384. The van der Waals surface area contributed by atoms with Crippen molar-refractivity contribution in [2.75, 3.05) is 19.6 Å². The van der Waals surface area contributed by atoms with Gasteiger partial charge in [-0.05, 0) is 5.92 Å². The van der Waals surface area contributed by atoms with Crippen molar-refractivity contribution >= 4 is 11.9 Å². The fourth-order valence-corrected chi connectivity index (χ4v) is 1.70. The zero-order chi connectivity index (χ0) is 9.42. The first-order valence-corrected chi connectivity index (χ1v) is 4.50. The molecule has 5 nitrogen and oxygen atoms in total. The number of likely N-dealkylation sites (tertiary alicyclic amines) is 1. The summed E-state index contributed by atoms with van der Waals surface area (Å²) in [5.41, 5.74) is 0. The summed E-state index contributed by atoms with van der Waals surface area (Å²) in [6, 6.07) is -0.591. The molecule has 0 aromatic heterocycles. The number of rotatable bonds is 1. The summed E-state index contributed by atoms with van der Waals surface area (Å²) in [6.45, 7) is 4.17. The maximum atomic E-state index is 11.6. The van der Waals surface area contributed by atoms with Gasteiger partial charge in [-0.2, -0.15) is 0 Å².